The van der Waals surface area contributed by atoms with Crippen LogP contribution in [-0.4, -0.2) is 37.1 Å². The lowest BCUT2D eigenvalue weighted by Gasteiger charge is -2.14. The fraction of sp³-hybridized carbons (Fsp3) is 0.219. The van der Waals surface area contributed by atoms with E-state index in [1.54, 1.807) is 30.3 Å². The summed E-state index contributed by atoms with van der Waals surface area (Å²) in [5, 5.41) is 18.9. The number of allylic oxidation sites excluding steroid dienone is 3. The average molecular weight is 539 g/mol. The van der Waals surface area contributed by atoms with Gasteiger partial charge < -0.3 is 21.7 Å². The van der Waals surface area contributed by atoms with Gasteiger partial charge in [0.1, 0.15) is 11.6 Å². The van der Waals surface area contributed by atoms with Gasteiger partial charge in [-0.05, 0) is 68.3 Å². The fourth-order valence-corrected chi connectivity index (χ4v) is 3.86. The van der Waals surface area contributed by atoms with Crippen LogP contribution >= 0.6 is 0 Å². The molecule has 0 unspecified atom stereocenters. The Morgan fingerprint density at radius 3 is 2.73 bits per heavy atom. The minimum absolute atomic E-state index is 0.287. The van der Waals surface area contributed by atoms with E-state index < -0.39 is 0 Å². The van der Waals surface area contributed by atoms with Gasteiger partial charge in [-0.2, -0.15) is 5.26 Å². The number of anilines is 1. The van der Waals surface area contributed by atoms with Gasteiger partial charge in [0.25, 0.3) is 5.91 Å². The Hall–Kier alpha value is -4.74. The normalized spacial score (nSPS) is 11.2. The molecular formula is C32H35FN6O. The van der Waals surface area contributed by atoms with E-state index in [2.05, 4.69) is 28.6 Å². The maximum absolute atomic E-state index is 13.6. The summed E-state index contributed by atoms with van der Waals surface area (Å²) >= 11 is 0. The third-order valence-electron chi connectivity index (χ3n) is 6.00. The summed E-state index contributed by atoms with van der Waals surface area (Å²) in [6.45, 7) is 8.05. The molecule has 5 N–H and O–H groups in total. The highest BCUT2D eigenvalue weighted by molar-refractivity contribution is 5.99. The monoisotopic (exact) mass is 538 g/mol. The quantitative estimate of drug-likeness (QED) is 0.168. The molecule has 3 aromatic rings. The third-order valence-corrected chi connectivity index (χ3v) is 6.00. The molecule has 0 spiro atoms. The molecule has 206 valence electrons. The van der Waals surface area contributed by atoms with Gasteiger partial charge in [-0.3, -0.25) is 4.79 Å². The maximum Gasteiger partial charge on any atom is 0.255 e. The number of hydrogen-bond donors (Lipinski definition) is 4. The van der Waals surface area contributed by atoms with Crippen LogP contribution in [0.1, 0.15) is 34.8 Å². The minimum atomic E-state index is -0.295. The topological polar surface area (TPSA) is 116 Å². The first-order chi connectivity index (χ1) is 19.4. The van der Waals surface area contributed by atoms with Crippen LogP contribution in [0.25, 0.3) is 11.3 Å². The lowest BCUT2D eigenvalue weighted by Crippen LogP contribution is -2.26. The number of carbonyl (C=O) groups excluding carboxylic acids is 1. The zero-order valence-electron chi connectivity index (χ0n) is 22.7. The first-order valence-electron chi connectivity index (χ1n) is 13.1. The molecule has 0 saturated carbocycles. The molecule has 2 aromatic carbocycles. The first kappa shape index (κ1) is 29.8. The Morgan fingerprint density at radius 1 is 1.12 bits per heavy atom. The van der Waals surface area contributed by atoms with Crippen molar-refractivity contribution in [2.24, 2.45) is 5.73 Å². The highest BCUT2D eigenvalue weighted by Crippen LogP contribution is 2.25. The predicted octanol–water partition coefficient (Wildman–Crippen LogP) is 5.10. The molecule has 0 atom stereocenters. The number of aromatic nitrogens is 1. The van der Waals surface area contributed by atoms with Crippen LogP contribution in [0.5, 0.6) is 0 Å². The fourth-order valence-electron chi connectivity index (χ4n) is 3.86. The molecule has 0 aliphatic carbocycles. The molecule has 40 heavy (non-hydrogen) atoms. The van der Waals surface area contributed by atoms with Crippen LogP contribution in [0.3, 0.4) is 0 Å². The van der Waals surface area contributed by atoms with Crippen molar-refractivity contribution in [3.8, 4) is 17.3 Å². The van der Waals surface area contributed by atoms with E-state index in [0.29, 0.717) is 54.3 Å². The van der Waals surface area contributed by atoms with Crippen molar-refractivity contribution >= 4 is 11.7 Å². The Balaban J connectivity index is 1.73. The average Bonchev–Trinajstić information content (AvgIpc) is 2.96. The number of nitriles is 1. The lowest BCUT2D eigenvalue weighted by atomic mass is 10.0. The summed E-state index contributed by atoms with van der Waals surface area (Å²) < 4.78 is 13.6. The molecule has 0 bridgehead atoms. The van der Waals surface area contributed by atoms with Crippen molar-refractivity contribution < 1.29 is 9.18 Å². The molecule has 0 fully saturated rings. The SMILES string of the molecule is C=C(/C=C\C=C(/C)CNC(=O)c1ccc(-c2ccccc2C#N)nc1NCCc1cccc(F)c1)NCCCN. The van der Waals surface area contributed by atoms with Crippen molar-refractivity contribution in [1.29, 1.82) is 5.26 Å². The molecule has 7 nitrogen and oxygen atoms in total. The Morgan fingerprint density at radius 2 is 1.95 bits per heavy atom. The third kappa shape index (κ3) is 9.22. The molecule has 1 aromatic heterocycles. The van der Waals surface area contributed by atoms with Crippen molar-refractivity contribution in [1.82, 2.24) is 15.6 Å². The number of hydrogen-bond acceptors (Lipinski definition) is 6. The number of halogens is 1. The highest BCUT2D eigenvalue weighted by atomic mass is 19.1. The Kier molecular flexibility index (Phi) is 11.6. The van der Waals surface area contributed by atoms with Gasteiger partial charge in [-0.25, -0.2) is 9.37 Å². The van der Waals surface area contributed by atoms with Crippen LogP contribution in [0.4, 0.5) is 10.2 Å². The van der Waals surface area contributed by atoms with Crippen LogP contribution in [-0.2, 0) is 6.42 Å². The van der Waals surface area contributed by atoms with Crippen LogP contribution < -0.4 is 21.7 Å². The molecular weight excluding hydrogens is 503 g/mol. The number of pyridine rings is 1. The summed E-state index contributed by atoms with van der Waals surface area (Å²) in [6.07, 6.45) is 7.07. The van der Waals surface area contributed by atoms with Gasteiger partial charge in [0.05, 0.1) is 22.9 Å². The van der Waals surface area contributed by atoms with Gasteiger partial charge in [-0.15, -0.1) is 0 Å². The summed E-state index contributed by atoms with van der Waals surface area (Å²) in [5.74, 6) is -0.192. The number of nitrogens with two attached hydrogens (primary N) is 1. The van der Waals surface area contributed by atoms with Crippen molar-refractivity contribution in [2.75, 3.05) is 31.5 Å². The maximum atomic E-state index is 13.6. The minimum Gasteiger partial charge on any atom is -0.385 e. The Bertz CT molecular complexity index is 1420. The van der Waals surface area contributed by atoms with E-state index >= 15 is 0 Å². The van der Waals surface area contributed by atoms with E-state index in [1.807, 2.05) is 43.4 Å². The molecule has 0 saturated heterocycles. The van der Waals surface area contributed by atoms with Gasteiger partial charge in [0.15, 0.2) is 0 Å². The van der Waals surface area contributed by atoms with Crippen molar-refractivity contribution in [2.45, 2.75) is 19.8 Å². The van der Waals surface area contributed by atoms with E-state index in [9.17, 15) is 14.4 Å². The molecule has 3 rings (SSSR count). The lowest BCUT2D eigenvalue weighted by molar-refractivity contribution is 0.0957. The van der Waals surface area contributed by atoms with Gasteiger partial charge in [-0.1, -0.05) is 54.6 Å². The van der Waals surface area contributed by atoms with E-state index in [0.717, 1.165) is 29.8 Å². The molecule has 1 heterocycles. The van der Waals surface area contributed by atoms with Gasteiger partial charge >= 0.3 is 0 Å². The summed E-state index contributed by atoms with van der Waals surface area (Å²) in [7, 11) is 0. The van der Waals surface area contributed by atoms with E-state index in [-0.39, 0.29) is 11.7 Å². The Labute approximate surface area is 235 Å². The number of nitrogens with one attached hydrogen (secondary N) is 3. The van der Waals surface area contributed by atoms with Crippen molar-refractivity contribution in [3.63, 3.8) is 0 Å². The molecule has 1 amide bonds. The van der Waals surface area contributed by atoms with E-state index in [4.69, 9.17) is 10.7 Å². The number of amides is 1. The number of benzene rings is 2. The number of rotatable bonds is 14. The van der Waals surface area contributed by atoms with Crippen LogP contribution in [0.2, 0.25) is 0 Å². The van der Waals surface area contributed by atoms with Crippen molar-refractivity contribution in [3.05, 3.63) is 119 Å². The summed E-state index contributed by atoms with van der Waals surface area (Å²) in [6, 6.07) is 19.2. The zero-order valence-corrected chi connectivity index (χ0v) is 22.7. The number of carbonyl (C=O) groups is 1. The highest BCUT2D eigenvalue weighted by Gasteiger charge is 2.15. The molecule has 0 aliphatic rings. The standard InChI is InChI=1S/C32H35FN6O/c1-23(8-5-9-24(2)36-18-7-17-34)22-38-32(40)29-14-15-30(28-13-4-3-11-26(28)21-35)39-31(29)37-19-16-25-10-6-12-27(33)20-25/h3-6,8-15,20,36H,2,7,16-19,22,34H2,1H3,(H,37,39)(H,38,40)/b9-5-,23-8+. The second kappa shape index (κ2) is 15.6. The predicted molar refractivity (Wildman–Crippen MR) is 159 cm³/mol. The van der Waals surface area contributed by atoms with E-state index in [1.165, 1.54) is 12.1 Å². The van der Waals surface area contributed by atoms with Gasteiger partial charge in [0, 0.05) is 30.9 Å². The zero-order chi connectivity index (χ0) is 28.7. The van der Waals surface area contributed by atoms with Gasteiger partial charge in [0.2, 0.25) is 0 Å². The van der Waals surface area contributed by atoms with Crippen LogP contribution in [0.15, 0.2) is 96.7 Å². The smallest absolute Gasteiger partial charge is 0.255 e. The number of nitrogens with zero attached hydrogens (tertiary/aromatic N) is 2. The molecule has 0 aliphatic heterocycles. The summed E-state index contributed by atoms with van der Waals surface area (Å²) in [4.78, 5) is 17.9. The largest absolute Gasteiger partial charge is 0.385 e. The summed E-state index contributed by atoms with van der Waals surface area (Å²) in [5.41, 5.74) is 10.2. The first-order valence-corrected chi connectivity index (χ1v) is 13.1. The second-order valence-corrected chi connectivity index (χ2v) is 9.21. The van der Waals surface area contributed by atoms with Crippen LogP contribution in [0, 0.1) is 17.1 Å². The molecule has 8 heteroatoms. The molecule has 0 radical (unpaired) electrons. The second-order valence-electron chi connectivity index (χ2n) is 9.21.